The van der Waals surface area contributed by atoms with Gasteiger partial charge in [0.2, 0.25) is 0 Å². The lowest BCUT2D eigenvalue weighted by atomic mass is 10.3. The third kappa shape index (κ3) is 2.89. The summed E-state index contributed by atoms with van der Waals surface area (Å²) in [5, 5.41) is 11.8. The number of carboxylic acids is 1. The van der Waals surface area contributed by atoms with E-state index < -0.39 is 5.97 Å². The maximum absolute atomic E-state index is 12.3. The van der Waals surface area contributed by atoms with Crippen LogP contribution < -0.4 is 5.32 Å². The Labute approximate surface area is 116 Å². The smallest absolute Gasteiger partial charge is 0.356 e. The summed E-state index contributed by atoms with van der Waals surface area (Å²) in [6.45, 7) is 0.777. The molecule has 2 amide bonds. The van der Waals surface area contributed by atoms with Crippen molar-refractivity contribution in [3.8, 4) is 0 Å². The van der Waals surface area contributed by atoms with Gasteiger partial charge in [0.05, 0.1) is 5.69 Å². The number of urea groups is 1. The molecule has 2 aliphatic carbocycles. The van der Waals surface area contributed by atoms with Crippen LogP contribution in [0.25, 0.3) is 0 Å². The van der Waals surface area contributed by atoms with Crippen molar-refractivity contribution in [1.82, 2.24) is 9.88 Å². The van der Waals surface area contributed by atoms with Gasteiger partial charge in [0.25, 0.3) is 0 Å². The number of amides is 2. The highest BCUT2D eigenvalue weighted by Gasteiger charge is 2.36. The van der Waals surface area contributed by atoms with E-state index in [-0.39, 0.29) is 17.4 Å². The van der Waals surface area contributed by atoms with Crippen molar-refractivity contribution >= 4 is 17.7 Å². The molecule has 1 heterocycles. The first kappa shape index (κ1) is 12.9. The van der Waals surface area contributed by atoms with E-state index in [1.807, 2.05) is 4.90 Å². The zero-order valence-electron chi connectivity index (χ0n) is 11.1. The largest absolute Gasteiger partial charge is 0.476 e. The van der Waals surface area contributed by atoms with E-state index >= 15 is 0 Å². The maximum Gasteiger partial charge on any atom is 0.356 e. The van der Waals surface area contributed by atoms with Gasteiger partial charge in [0.15, 0.2) is 5.69 Å². The third-order valence-electron chi connectivity index (χ3n) is 3.65. The number of nitrogens with zero attached hydrogens (tertiary/aromatic N) is 2. The molecule has 2 fully saturated rings. The van der Waals surface area contributed by atoms with Crippen molar-refractivity contribution in [2.75, 3.05) is 11.9 Å². The summed E-state index contributed by atoms with van der Waals surface area (Å²) in [5.74, 6) is -0.518. The van der Waals surface area contributed by atoms with Gasteiger partial charge >= 0.3 is 12.0 Å². The SMILES string of the molecule is O=C(O)c1ncccc1NC(=O)N(CC1CC1)C1CC1. The zero-order chi connectivity index (χ0) is 14.1. The van der Waals surface area contributed by atoms with Crippen LogP contribution in [0.2, 0.25) is 0 Å². The second-order valence-corrected chi connectivity index (χ2v) is 5.46. The minimum atomic E-state index is -1.14. The summed E-state index contributed by atoms with van der Waals surface area (Å²) < 4.78 is 0. The van der Waals surface area contributed by atoms with E-state index in [9.17, 15) is 9.59 Å². The van der Waals surface area contributed by atoms with Gasteiger partial charge < -0.3 is 15.3 Å². The molecule has 0 radical (unpaired) electrons. The fourth-order valence-electron chi connectivity index (χ4n) is 2.23. The van der Waals surface area contributed by atoms with Crippen LogP contribution in [0.4, 0.5) is 10.5 Å². The van der Waals surface area contributed by atoms with Gasteiger partial charge in [-0.15, -0.1) is 0 Å². The number of hydrogen-bond acceptors (Lipinski definition) is 3. The highest BCUT2D eigenvalue weighted by atomic mass is 16.4. The van der Waals surface area contributed by atoms with Gasteiger partial charge in [-0.3, -0.25) is 0 Å². The average molecular weight is 275 g/mol. The Morgan fingerprint density at radius 1 is 1.35 bits per heavy atom. The standard InChI is InChI=1S/C14H17N3O3/c18-13(19)12-11(2-1-7-15-12)16-14(20)17(10-5-6-10)8-9-3-4-9/h1-2,7,9-10H,3-6,8H2,(H,16,20)(H,18,19). The lowest BCUT2D eigenvalue weighted by Crippen LogP contribution is -2.38. The Balaban J connectivity index is 1.72. The van der Waals surface area contributed by atoms with Crippen LogP contribution in [-0.4, -0.2) is 39.6 Å². The molecule has 2 aliphatic rings. The Hall–Kier alpha value is -2.11. The number of carbonyl (C=O) groups is 2. The molecule has 1 aromatic heterocycles. The molecule has 6 heteroatoms. The quantitative estimate of drug-likeness (QED) is 0.862. The second-order valence-electron chi connectivity index (χ2n) is 5.46. The highest BCUT2D eigenvalue weighted by Crippen LogP contribution is 2.35. The molecule has 0 aliphatic heterocycles. The molecule has 0 spiro atoms. The monoisotopic (exact) mass is 275 g/mol. The van der Waals surface area contributed by atoms with E-state index in [0.717, 1.165) is 19.4 Å². The third-order valence-corrected chi connectivity index (χ3v) is 3.65. The van der Waals surface area contributed by atoms with Crippen LogP contribution in [0.5, 0.6) is 0 Å². The van der Waals surface area contributed by atoms with Gasteiger partial charge in [-0.25, -0.2) is 14.6 Å². The number of carboxylic acid groups (broad SMARTS) is 1. The minimum Gasteiger partial charge on any atom is -0.476 e. The van der Waals surface area contributed by atoms with Gasteiger partial charge in [-0.05, 0) is 43.7 Å². The number of aromatic carboxylic acids is 1. The number of carbonyl (C=O) groups excluding carboxylic acids is 1. The van der Waals surface area contributed by atoms with Crippen molar-refractivity contribution in [2.24, 2.45) is 5.92 Å². The fourth-order valence-corrected chi connectivity index (χ4v) is 2.23. The molecule has 106 valence electrons. The lowest BCUT2D eigenvalue weighted by Gasteiger charge is -2.23. The zero-order valence-corrected chi connectivity index (χ0v) is 11.1. The summed E-state index contributed by atoms with van der Waals surface area (Å²) in [7, 11) is 0. The molecular weight excluding hydrogens is 258 g/mol. The van der Waals surface area contributed by atoms with Gasteiger partial charge in [-0.2, -0.15) is 0 Å². The van der Waals surface area contributed by atoms with Gasteiger partial charge in [-0.1, -0.05) is 0 Å². The molecule has 0 unspecified atom stereocenters. The molecule has 0 atom stereocenters. The topological polar surface area (TPSA) is 82.5 Å². The molecule has 0 bridgehead atoms. The summed E-state index contributed by atoms with van der Waals surface area (Å²) in [5.41, 5.74) is 0.134. The Bertz CT molecular complexity index is 538. The molecule has 0 aromatic carbocycles. The van der Waals surface area contributed by atoms with E-state index in [0.29, 0.717) is 12.0 Å². The van der Waals surface area contributed by atoms with Crippen LogP contribution >= 0.6 is 0 Å². The molecular formula is C14H17N3O3. The first-order chi connectivity index (χ1) is 9.65. The number of rotatable bonds is 5. The van der Waals surface area contributed by atoms with E-state index in [1.165, 1.54) is 19.0 Å². The predicted molar refractivity (Wildman–Crippen MR) is 72.7 cm³/mol. The van der Waals surface area contributed by atoms with Crippen molar-refractivity contribution in [2.45, 2.75) is 31.7 Å². The maximum atomic E-state index is 12.3. The average Bonchev–Trinajstić information content (AvgIpc) is 3.28. The summed E-state index contributed by atoms with van der Waals surface area (Å²) in [6.07, 6.45) is 5.85. The lowest BCUT2D eigenvalue weighted by molar-refractivity contribution is 0.0691. The number of aromatic nitrogens is 1. The summed E-state index contributed by atoms with van der Waals surface area (Å²) in [4.78, 5) is 29.0. The Kier molecular flexibility index (Phi) is 3.30. The predicted octanol–water partition coefficient (Wildman–Crippen LogP) is 2.19. The van der Waals surface area contributed by atoms with Crippen LogP contribution in [0.1, 0.15) is 36.2 Å². The molecule has 2 N–H and O–H groups in total. The van der Waals surface area contributed by atoms with Crippen molar-refractivity contribution in [1.29, 1.82) is 0 Å². The number of anilines is 1. The number of hydrogen-bond donors (Lipinski definition) is 2. The first-order valence-electron chi connectivity index (χ1n) is 6.91. The number of nitrogens with one attached hydrogen (secondary N) is 1. The molecule has 6 nitrogen and oxygen atoms in total. The molecule has 1 aromatic rings. The van der Waals surface area contributed by atoms with Crippen molar-refractivity contribution < 1.29 is 14.7 Å². The molecule has 0 saturated heterocycles. The first-order valence-corrected chi connectivity index (χ1v) is 6.91. The van der Waals surface area contributed by atoms with E-state index in [2.05, 4.69) is 10.3 Å². The number of pyridine rings is 1. The van der Waals surface area contributed by atoms with Gasteiger partial charge in [0.1, 0.15) is 0 Å². The molecule has 2 saturated carbocycles. The fraction of sp³-hybridized carbons (Fsp3) is 0.500. The van der Waals surface area contributed by atoms with Crippen LogP contribution in [0, 0.1) is 5.92 Å². The van der Waals surface area contributed by atoms with E-state index in [1.54, 1.807) is 12.1 Å². The minimum absolute atomic E-state index is 0.122. The normalized spacial score (nSPS) is 17.6. The van der Waals surface area contributed by atoms with Gasteiger partial charge in [0, 0.05) is 18.8 Å². The van der Waals surface area contributed by atoms with Crippen LogP contribution in [0.15, 0.2) is 18.3 Å². The molecule has 20 heavy (non-hydrogen) atoms. The summed E-state index contributed by atoms with van der Waals surface area (Å²) in [6, 6.07) is 3.29. The van der Waals surface area contributed by atoms with Crippen molar-refractivity contribution in [3.05, 3.63) is 24.0 Å². The second kappa shape index (κ2) is 5.11. The molecule has 3 rings (SSSR count). The van der Waals surface area contributed by atoms with E-state index in [4.69, 9.17) is 5.11 Å². The van der Waals surface area contributed by atoms with Crippen molar-refractivity contribution in [3.63, 3.8) is 0 Å². The van der Waals surface area contributed by atoms with Crippen LogP contribution in [0.3, 0.4) is 0 Å². The Morgan fingerprint density at radius 2 is 2.10 bits per heavy atom. The summed E-state index contributed by atoms with van der Waals surface area (Å²) >= 11 is 0. The van der Waals surface area contributed by atoms with Crippen LogP contribution in [-0.2, 0) is 0 Å². The highest BCUT2D eigenvalue weighted by molar-refractivity contribution is 5.98. The Morgan fingerprint density at radius 3 is 2.70 bits per heavy atom.